The highest BCUT2D eigenvalue weighted by atomic mass is 32.1. The lowest BCUT2D eigenvalue weighted by atomic mass is 10.1. The summed E-state index contributed by atoms with van der Waals surface area (Å²) in [4.78, 5) is 24.0. The second kappa shape index (κ2) is 6.36. The molecule has 0 aliphatic heterocycles. The van der Waals surface area contributed by atoms with E-state index in [2.05, 4.69) is 10.1 Å². The summed E-state index contributed by atoms with van der Waals surface area (Å²) in [5, 5.41) is 4.11. The minimum absolute atomic E-state index is 0.113. The van der Waals surface area contributed by atoms with Crippen LogP contribution in [-0.4, -0.2) is 26.1 Å². The van der Waals surface area contributed by atoms with Crippen molar-refractivity contribution >= 4 is 28.9 Å². The van der Waals surface area contributed by atoms with Gasteiger partial charge in [-0.25, -0.2) is 9.18 Å². The Bertz CT molecular complexity index is 683. The highest BCUT2D eigenvalue weighted by Gasteiger charge is 2.21. The third-order valence-corrected chi connectivity index (χ3v) is 3.60. The molecule has 0 aliphatic rings. The summed E-state index contributed by atoms with van der Waals surface area (Å²) in [6.07, 6.45) is 0. The number of carbonyl (C=O) groups is 2. The fourth-order valence-electron chi connectivity index (χ4n) is 1.74. The molecule has 110 valence electrons. The average molecular weight is 309 g/mol. The van der Waals surface area contributed by atoms with Gasteiger partial charge in [0.15, 0.2) is 0 Å². The molecule has 0 unspecified atom stereocenters. The Morgan fingerprint density at radius 3 is 2.67 bits per heavy atom. The smallest absolute Gasteiger partial charge is 0.350 e. The fourth-order valence-corrected chi connectivity index (χ4v) is 2.50. The zero-order valence-electron chi connectivity index (χ0n) is 11.3. The molecule has 0 aliphatic carbocycles. The van der Waals surface area contributed by atoms with Gasteiger partial charge >= 0.3 is 5.97 Å². The molecule has 1 heterocycles. The lowest BCUT2D eigenvalue weighted by Gasteiger charge is -2.10. The SMILES string of the molecule is COC(=O)c1sccc1NC(=O)c1c(F)cccc1OC. The van der Waals surface area contributed by atoms with E-state index in [-0.39, 0.29) is 21.9 Å². The zero-order chi connectivity index (χ0) is 15.4. The minimum Gasteiger partial charge on any atom is -0.496 e. The van der Waals surface area contributed by atoms with E-state index >= 15 is 0 Å². The molecule has 2 aromatic rings. The van der Waals surface area contributed by atoms with Crippen LogP contribution >= 0.6 is 11.3 Å². The van der Waals surface area contributed by atoms with Crippen molar-refractivity contribution in [2.75, 3.05) is 19.5 Å². The second-order valence-electron chi connectivity index (χ2n) is 3.93. The standard InChI is InChI=1S/C14H12FNO4S/c1-19-10-5-3-4-8(15)11(10)13(17)16-9-6-7-21-12(9)14(18)20-2/h3-7H,1-2H3,(H,16,17). The Morgan fingerprint density at radius 2 is 2.00 bits per heavy atom. The molecule has 1 aromatic heterocycles. The third kappa shape index (κ3) is 3.03. The molecule has 0 saturated heterocycles. The van der Waals surface area contributed by atoms with Crippen LogP contribution in [0, 0.1) is 5.82 Å². The highest BCUT2D eigenvalue weighted by molar-refractivity contribution is 7.12. The van der Waals surface area contributed by atoms with Crippen molar-refractivity contribution in [3.05, 3.63) is 45.9 Å². The van der Waals surface area contributed by atoms with Crippen LogP contribution in [0.4, 0.5) is 10.1 Å². The second-order valence-corrected chi connectivity index (χ2v) is 4.84. The molecule has 1 aromatic carbocycles. The lowest BCUT2D eigenvalue weighted by molar-refractivity contribution is 0.0607. The molecule has 0 fully saturated rings. The number of hydrogen-bond donors (Lipinski definition) is 1. The van der Waals surface area contributed by atoms with Gasteiger partial charge in [0.25, 0.3) is 5.91 Å². The van der Waals surface area contributed by atoms with Gasteiger partial charge < -0.3 is 14.8 Å². The number of anilines is 1. The largest absolute Gasteiger partial charge is 0.496 e. The van der Waals surface area contributed by atoms with E-state index in [4.69, 9.17) is 4.74 Å². The third-order valence-electron chi connectivity index (χ3n) is 2.71. The van der Waals surface area contributed by atoms with Crippen LogP contribution in [-0.2, 0) is 4.74 Å². The van der Waals surface area contributed by atoms with Gasteiger partial charge in [0.05, 0.1) is 19.9 Å². The van der Waals surface area contributed by atoms with Gasteiger partial charge in [-0.3, -0.25) is 4.79 Å². The molecule has 0 spiro atoms. The number of carbonyl (C=O) groups excluding carboxylic acids is 2. The first-order valence-electron chi connectivity index (χ1n) is 5.88. The van der Waals surface area contributed by atoms with Gasteiger partial charge in [-0.05, 0) is 23.6 Å². The Balaban J connectivity index is 2.31. The van der Waals surface area contributed by atoms with E-state index in [9.17, 15) is 14.0 Å². The van der Waals surface area contributed by atoms with Gasteiger partial charge in [-0.2, -0.15) is 0 Å². The molecule has 0 bridgehead atoms. The molecule has 5 nitrogen and oxygen atoms in total. The number of methoxy groups -OCH3 is 2. The minimum atomic E-state index is -0.707. The van der Waals surface area contributed by atoms with Gasteiger partial charge in [-0.1, -0.05) is 6.07 Å². The van der Waals surface area contributed by atoms with Crippen molar-refractivity contribution in [3.8, 4) is 5.75 Å². The van der Waals surface area contributed by atoms with E-state index in [0.717, 1.165) is 17.4 Å². The van der Waals surface area contributed by atoms with Gasteiger partial charge in [0.1, 0.15) is 22.0 Å². The number of nitrogens with one attached hydrogen (secondary N) is 1. The van der Waals surface area contributed by atoms with Crippen LogP contribution < -0.4 is 10.1 Å². The number of esters is 1. The summed E-state index contributed by atoms with van der Waals surface area (Å²) in [6, 6.07) is 5.62. The maximum Gasteiger partial charge on any atom is 0.350 e. The molecule has 0 atom stereocenters. The summed E-state index contributed by atoms with van der Waals surface area (Å²) < 4.78 is 23.4. The topological polar surface area (TPSA) is 64.6 Å². The van der Waals surface area contributed by atoms with Crippen LogP contribution in [0.3, 0.4) is 0 Å². The molecule has 1 amide bonds. The summed E-state index contributed by atoms with van der Waals surface area (Å²) >= 11 is 1.12. The summed E-state index contributed by atoms with van der Waals surface area (Å²) in [5.41, 5.74) is 0.0455. The monoisotopic (exact) mass is 309 g/mol. The number of benzene rings is 1. The number of hydrogen-bond acceptors (Lipinski definition) is 5. The predicted molar refractivity (Wildman–Crippen MR) is 76.6 cm³/mol. The zero-order valence-corrected chi connectivity index (χ0v) is 12.1. The van der Waals surface area contributed by atoms with E-state index < -0.39 is 17.7 Å². The van der Waals surface area contributed by atoms with Crippen LogP contribution in [0.2, 0.25) is 0 Å². The van der Waals surface area contributed by atoms with Crippen molar-refractivity contribution < 1.29 is 23.5 Å². The average Bonchev–Trinajstić information content (AvgIpc) is 2.93. The highest BCUT2D eigenvalue weighted by Crippen LogP contribution is 2.26. The van der Waals surface area contributed by atoms with Crippen LogP contribution in [0.1, 0.15) is 20.0 Å². The van der Waals surface area contributed by atoms with E-state index in [1.165, 1.54) is 26.4 Å². The number of amides is 1. The first kappa shape index (κ1) is 15.0. The lowest BCUT2D eigenvalue weighted by Crippen LogP contribution is -2.16. The van der Waals surface area contributed by atoms with Crippen LogP contribution in [0.25, 0.3) is 0 Å². The number of rotatable bonds is 4. The fraction of sp³-hybridized carbons (Fsp3) is 0.143. The van der Waals surface area contributed by atoms with Gasteiger partial charge in [0.2, 0.25) is 0 Å². The molecule has 21 heavy (non-hydrogen) atoms. The van der Waals surface area contributed by atoms with E-state index in [1.807, 2.05) is 0 Å². The summed E-state index contributed by atoms with van der Waals surface area (Å²) in [6.45, 7) is 0. The van der Waals surface area contributed by atoms with Gasteiger partial charge in [-0.15, -0.1) is 11.3 Å². The number of halogens is 1. The first-order valence-corrected chi connectivity index (χ1v) is 6.76. The molecule has 0 saturated carbocycles. The van der Waals surface area contributed by atoms with Crippen LogP contribution in [0.5, 0.6) is 5.75 Å². The Morgan fingerprint density at radius 1 is 1.24 bits per heavy atom. The molecule has 7 heteroatoms. The summed E-state index contributed by atoms with van der Waals surface area (Å²) in [5.74, 6) is -1.86. The quantitative estimate of drug-likeness (QED) is 0.882. The molecular formula is C14H12FNO4S. The molecule has 1 N–H and O–H groups in total. The van der Waals surface area contributed by atoms with Crippen molar-refractivity contribution in [3.63, 3.8) is 0 Å². The number of ether oxygens (including phenoxy) is 2. The Labute approximate surface area is 124 Å². The van der Waals surface area contributed by atoms with Crippen molar-refractivity contribution in [2.45, 2.75) is 0 Å². The maximum absolute atomic E-state index is 13.8. The Kier molecular flexibility index (Phi) is 4.54. The van der Waals surface area contributed by atoms with Crippen molar-refractivity contribution in [2.24, 2.45) is 0 Å². The summed E-state index contributed by atoms with van der Waals surface area (Å²) in [7, 11) is 2.59. The van der Waals surface area contributed by atoms with E-state index in [1.54, 1.807) is 11.4 Å². The Hall–Kier alpha value is -2.41. The van der Waals surface area contributed by atoms with Crippen molar-refractivity contribution in [1.82, 2.24) is 0 Å². The maximum atomic E-state index is 13.8. The van der Waals surface area contributed by atoms with E-state index in [0.29, 0.717) is 0 Å². The van der Waals surface area contributed by atoms with Crippen molar-refractivity contribution in [1.29, 1.82) is 0 Å². The predicted octanol–water partition coefficient (Wildman–Crippen LogP) is 2.93. The molecule has 0 radical (unpaired) electrons. The first-order chi connectivity index (χ1) is 10.1. The molecule has 2 rings (SSSR count). The van der Waals surface area contributed by atoms with Gasteiger partial charge in [0, 0.05) is 0 Å². The normalized spacial score (nSPS) is 10.0. The number of thiophene rings is 1. The molecular weight excluding hydrogens is 297 g/mol. The van der Waals surface area contributed by atoms with Crippen LogP contribution in [0.15, 0.2) is 29.6 Å².